The number of carbonyl (C=O) groups excluding carboxylic acids is 3. The van der Waals surface area contributed by atoms with E-state index in [0.717, 1.165) is 116 Å². The van der Waals surface area contributed by atoms with Crippen LogP contribution in [-0.2, 0) is 42.2 Å². The molecule has 0 aromatic heterocycles. The number of aliphatic hydroxyl groups is 1. The van der Waals surface area contributed by atoms with Crippen LogP contribution in [0.5, 0.6) is 0 Å². The number of hydrogen-bond donors (Lipinski definition) is 2. The zero-order valence-corrected chi connectivity index (χ0v) is 51.0. The molecule has 0 amide bonds. The van der Waals surface area contributed by atoms with Crippen molar-refractivity contribution in [3.63, 3.8) is 0 Å². The van der Waals surface area contributed by atoms with Crippen molar-refractivity contribution in [1.29, 1.82) is 0 Å². The maximum absolute atomic E-state index is 13.0. The Kier molecular flexibility index (Phi) is 57.7. The van der Waals surface area contributed by atoms with Gasteiger partial charge in [0.2, 0.25) is 0 Å². The Morgan fingerprint density at radius 1 is 0.372 bits per heavy atom. The van der Waals surface area contributed by atoms with Gasteiger partial charge >= 0.3 is 25.7 Å². The van der Waals surface area contributed by atoms with Gasteiger partial charge in [0.15, 0.2) is 6.10 Å². The molecule has 3 atom stereocenters. The number of phosphoric ester groups is 1. The van der Waals surface area contributed by atoms with Gasteiger partial charge in [0.05, 0.1) is 19.8 Å². The zero-order valence-electron chi connectivity index (χ0n) is 50.1. The SMILES string of the molecule is CC/C=C\C/C=C\C/C=C\CCCCCCCCCC(=O)OC(CO)COP(=O)(O)OCC(COC(=O)CCCCCCC/C=C\C/C=C\CCCCC)OC(=O)CCCCCCCCCCC/C=C\CCCCCCCC. The molecule has 0 aliphatic carbocycles. The van der Waals surface area contributed by atoms with Gasteiger partial charge in [-0.1, -0.05) is 235 Å². The molecule has 2 N–H and O–H groups in total. The molecule has 0 rings (SSSR count). The van der Waals surface area contributed by atoms with Crippen LogP contribution in [0.1, 0.15) is 290 Å². The number of ether oxygens (including phenoxy) is 3. The Labute approximate surface area is 478 Å². The third-order valence-corrected chi connectivity index (χ3v) is 14.5. The summed E-state index contributed by atoms with van der Waals surface area (Å²) in [5.41, 5.74) is 0. The van der Waals surface area contributed by atoms with E-state index < -0.39 is 57.8 Å². The molecule has 12 heteroatoms. The number of allylic oxidation sites excluding steroid dienone is 12. The first kappa shape index (κ1) is 74.9. The van der Waals surface area contributed by atoms with E-state index in [0.29, 0.717) is 19.3 Å². The normalized spacial score (nSPS) is 13.8. The molecule has 0 aromatic rings. The van der Waals surface area contributed by atoms with Crippen molar-refractivity contribution in [3.05, 3.63) is 72.9 Å². The highest BCUT2D eigenvalue weighted by Gasteiger charge is 2.28. The molecule has 0 heterocycles. The van der Waals surface area contributed by atoms with E-state index in [1.807, 2.05) is 0 Å². The van der Waals surface area contributed by atoms with E-state index in [-0.39, 0.29) is 25.9 Å². The van der Waals surface area contributed by atoms with Crippen LogP contribution in [-0.4, -0.2) is 66.5 Å². The van der Waals surface area contributed by atoms with Gasteiger partial charge in [0.25, 0.3) is 0 Å². The van der Waals surface area contributed by atoms with Gasteiger partial charge in [0.1, 0.15) is 12.7 Å². The van der Waals surface area contributed by atoms with Crippen LogP contribution in [0, 0.1) is 0 Å². The van der Waals surface area contributed by atoms with Gasteiger partial charge in [-0.3, -0.25) is 23.4 Å². The molecule has 0 aromatic carbocycles. The van der Waals surface area contributed by atoms with Gasteiger partial charge < -0.3 is 24.2 Å². The molecule has 0 bridgehead atoms. The largest absolute Gasteiger partial charge is 0.472 e. The second-order valence-electron chi connectivity index (χ2n) is 21.2. The summed E-state index contributed by atoms with van der Waals surface area (Å²) in [6.07, 6.45) is 68.5. The predicted molar refractivity (Wildman–Crippen MR) is 325 cm³/mol. The smallest absolute Gasteiger partial charge is 0.462 e. The van der Waals surface area contributed by atoms with E-state index in [1.54, 1.807) is 0 Å². The molecule has 0 saturated heterocycles. The summed E-state index contributed by atoms with van der Waals surface area (Å²) in [6, 6.07) is 0. The second-order valence-corrected chi connectivity index (χ2v) is 22.6. The van der Waals surface area contributed by atoms with Crippen molar-refractivity contribution in [2.75, 3.05) is 26.4 Å². The van der Waals surface area contributed by atoms with Crippen LogP contribution in [0.25, 0.3) is 0 Å². The summed E-state index contributed by atoms with van der Waals surface area (Å²) in [7, 11) is -4.76. The summed E-state index contributed by atoms with van der Waals surface area (Å²) >= 11 is 0. The lowest BCUT2D eigenvalue weighted by atomic mass is 10.1. The van der Waals surface area contributed by atoms with Crippen LogP contribution in [0.2, 0.25) is 0 Å². The van der Waals surface area contributed by atoms with Crippen molar-refractivity contribution in [2.45, 2.75) is 303 Å². The summed E-state index contributed by atoms with van der Waals surface area (Å²) in [5, 5.41) is 9.85. The van der Waals surface area contributed by atoms with Gasteiger partial charge in [0, 0.05) is 19.3 Å². The topological polar surface area (TPSA) is 155 Å². The maximum Gasteiger partial charge on any atom is 0.472 e. The minimum atomic E-state index is -4.76. The molecule has 452 valence electrons. The van der Waals surface area contributed by atoms with E-state index in [9.17, 15) is 28.9 Å². The average molecular weight is 1120 g/mol. The van der Waals surface area contributed by atoms with E-state index in [4.69, 9.17) is 23.3 Å². The van der Waals surface area contributed by atoms with Crippen LogP contribution in [0.3, 0.4) is 0 Å². The summed E-state index contributed by atoms with van der Waals surface area (Å²) in [4.78, 5) is 48.7. The Hall–Kier alpha value is -3.08. The van der Waals surface area contributed by atoms with Crippen molar-refractivity contribution in [1.82, 2.24) is 0 Å². The molecular weight excluding hydrogens is 1000 g/mol. The standard InChI is InChI=1S/C66H117O11P/c1-4-7-10-13-16-19-22-25-28-30-31-33-36-39-42-45-48-51-54-57-66(70)77-63(59-73-64(68)55-52-49-46-43-40-37-34-27-24-21-18-15-12-9-6-3)61-75-78(71,72)74-60-62(58-67)76-65(69)56-53-50-47-44-41-38-35-32-29-26-23-20-17-14-11-8-5-2/h8,11,17-18,20-21,25-29,34,62-63,67H,4-7,9-10,12-16,19,22-24,30-33,35-61H2,1-3H3,(H,71,72)/b11-8-,20-17-,21-18-,28-25-,29-26-,34-27-. The first-order valence-corrected chi connectivity index (χ1v) is 33.3. The van der Waals surface area contributed by atoms with E-state index >= 15 is 0 Å². The van der Waals surface area contributed by atoms with E-state index in [1.165, 1.54) is 116 Å². The fourth-order valence-corrected chi connectivity index (χ4v) is 9.53. The molecule has 11 nitrogen and oxygen atoms in total. The number of carbonyl (C=O) groups is 3. The van der Waals surface area contributed by atoms with Gasteiger partial charge in [-0.05, 0) is 109 Å². The van der Waals surface area contributed by atoms with Crippen molar-refractivity contribution in [3.8, 4) is 0 Å². The minimum absolute atomic E-state index is 0.161. The highest BCUT2D eigenvalue weighted by atomic mass is 31.2. The molecular formula is C66H117O11P. The number of hydrogen-bond acceptors (Lipinski definition) is 10. The van der Waals surface area contributed by atoms with Crippen LogP contribution < -0.4 is 0 Å². The third kappa shape index (κ3) is 57.6. The summed E-state index contributed by atoms with van der Waals surface area (Å²) < 4.78 is 39.7. The number of aliphatic hydroxyl groups excluding tert-OH is 1. The minimum Gasteiger partial charge on any atom is -0.462 e. The quantitative estimate of drug-likeness (QED) is 0.0197. The molecule has 0 fully saturated rings. The molecule has 0 aliphatic rings. The lowest BCUT2D eigenvalue weighted by Crippen LogP contribution is -2.30. The van der Waals surface area contributed by atoms with Crippen molar-refractivity contribution in [2.24, 2.45) is 0 Å². The van der Waals surface area contributed by atoms with Gasteiger partial charge in [-0.25, -0.2) is 4.57 Å². The Morgan fingerprint density at radius 3 is 1.06 bits per heavy atom. The second kappa shape index (κ2) is 60.0. The number of esters is 3. The maximum atomic E-state index is 13.0. The first-order chi connectivity index (χ1) is 38.2. The first-order valence-electron chi connectivity index (χ1n) is 31.8. The monoisotopic (exact) mass is 1120 g/mol. The van der Waals surface area contributed by atoms with Gasteiger partial charge in [-0.2, -0.15) is 0 Å². The highest BCUT2D eigenvalue weighted by molar-refractivity contribution is 7.47. The molecule has 0 radical (unpaired) electrons. The molecule has 0 spiro atoms. The molecule has 0 saturated carbocycles. The van der Waals surface area contributed by atoms with Crippen LogP contribution >= 0.6 is 7.82 Å². The Balaban J connectivity index is 4.70. The zero-order chi connectivity index (χ0) is 56.9. The Morgan fingerprint density at radius 2 is 0.667 bits per heavy atom. The number of unbranched alkanes of at least 4 members (excludes halogenated alkanes) is 30. The molecule has 3 unspecified atom stereocenters. The summed E-state index contributed by atoms with van der Waals surface area (Å²) in [6.45, 7) is 4.51. The number of phosphoric acid groups is 1. The molecule has 0 aliphatic heterocycles. The average Bonchev–Trinajstić information content (AvgIpc) is 3.43. The van der Waals surface area contributed by atoms with E-state index in [2.05, 4.69) is 93.7 Å². The number of rotatable bonds is 59. The predicted octanol–water partition coefficient (Wildman–Crippen LogP) is 19.3. The van der Waals surface area contributed by atoms with Crippen LogP contribution in [0.4, 0.5) is 0 Å². The Bertz CT molecular complexity index is 1590. The fraction of sp³-hybridized carbons (Fsp3) is 0.773. The third-order valence-electron chi connectivity index (χ3n) is 13.6. The van der Waals surface area contributed by atoms with Crippen molar-refractivity contribution >= 4 is 25.7 Å². The molecule has 78 heavy (non-hydrogen) atoms. The highest BCUT2D eigenvalue weighted by Crippen LogP contribution is 2.43. The lowest BCUT2D eigenvalue weighted by Gasteiger charge is -2.21. The van der Waals surface area contributed by atoms with Gasteiger partial charge in [-0.15, -0.1) is 0 Å². The lowest BCUT2D eigenvalue weighted by molar-refractivity contribution is -0.161. The summed E-state index contributed by atoms with van der Waals surface area (Å²) in [5.74, 6) is -1.48. The van der Waals surface area contributed by atoms with Crippen molar-refractivity contribution < 1.29 is 52.2 Å². The fourth-order valence-electron chi connectivity index (χ4n) is 8.75. The van der Waals surface area contributed by atoms with Crippen LogP contribution in [0.15, 0.2) is 72.9 Å².